The Morgan fingerprint density at radius 3 is 1.65 bits per heavy atom. The van der Waals surface area contributed by atoms with Crippen molar-refractivity contribution in [2.75, 3.05) is 0 Å². The molecule has 51 heavy (non-hydrogen) atoms. The third kappa shape index (κ3) is 4.40. The number of benzene rings is 7. The predicted octanol–water partition coefficient (Wildman–Crippen LogP) is 12.7. The van der Waals surface area contributed by atoms with Crippen LogP contribution in [-0.2, 0) is 0 Å². The maximum atomic E-state index is 5.08. The standard InChI is InChI=1S/C45H26N4S2/c1-4-12-27(13-5-1)43-46-44(28-14-6-2-7-15-28)48-45(47-43)29-20-23-35-34(26-29)39-36(49(35)30-16-8-3-9-17-30)24-21-31-32-22-25-38-40(42(32)51-41(31)39)33-18-10-11-19-37(33)50-38/h1-26H. The smallest absolute Gasteiger partial charge is 0.164 e. The highest BCUT2D eigenvalue weighted by Crippen LogP contribution is 2.48. The molecule has 0 aliphatic heterocycles. The number of nitrogens with zero attached hydrogens (tertiary/aromatic N) is 4. The summed E-state index contributed by atoms with van der Waals surface area (Å²) in [6.45, 7) is 0. The first-order chi connectivity index (χ1) is 25.3. The van der Waals surface area contributed by atoms with E-state index in [0.717, 1.165) is 27.9 Å². The van der Waals surface area contributed by atoms with Gasteiger partial charge in [-0.05, 0) is 48.5 Å². The lowest BCUT2D eigenvalue weighted by Crippen LogP contribution is -2.00. The monoisotopic (exact) mass is 686 g/mol. The van der Waals surface area contributed by atoms with E-state index in [4.69, 9.17) is 15.0 Å². The molecular weight excluding hydrogens is 661 g/mol. The fourth-order valence-electron chi connectivity index (χ4n) is 7.54. The molecule has 4 aromatic heterocycles. The molecule has 0 bridgehead atoms. The molecule has 6 heteroatoms. The number of thiophene rings is 2. The molecule has 0 atom stereocenters. The quantitative estimate of drug-likeness (QED) is 0.185. The van der Waals surface area contributed by atoms with E-state index in [-0.39, 0.29) is 0 Å². The van der Waals surface area contributed by atoms with Crippen LogP contribution < -0.4 is 0 Å². The lowest BCUT2D eigenvalue weighted by molar-refractivity contribution is 1.07. The van der Waals surface area contributed by atoms with Crippen LogP contribution in [-0.4, -0.2) is 19.5 Å². The van der Waals surface area contributed by atoms with Gasteiger partial charge in [0.2, 0.25) is 0 Å². The van der Waals surface area contributed by atoms with Gasteiger partial charge in [0, 0.05) is 73.5 Å². The molecule has 0 aliphatic rings. The van der Waals surface area contributed by atoms with E-state index >= 15 is 0 Å². The van der Waals surface area contributed by atoms with Crippen LogP contribution in [0.15, 0.2) is 158 Å². The molecule has 7 aromatic carbocycles. The minimum atomic E-state index is 0.653. The van der Waals surface area contributed by atoms with Gasteiger partial charge < -0.3 is 4.57 Å². The first kappa shape index (κ1) is 28.6. The van der Waals surface area contributed by atoms with Gasteiger partial charge in [0.15, 0.2) is 17.5 Å². The zero-order valence-electron chi connectivity index (χ0n) is 27.1. The van der Waals surface area contributed by atoms with Crippen LogP contribution in [0.4, 0.5) is 0 Å². The first-order valence-electron chi connectivity index (χ1n) is 16.9. The second kappa shape index (κ2) is 11.2. The highest BCUT2D eigenvalue weighted by molar-refractivity contribution is 7.30. The zero-order valence-corrected chi connectivity index (χ0v) is 28.7. The van der Waals surface area contributed by atoms with Crippen LogP contribution in [0.3, 0.4) is 0 Å². The summed E-state index contributed by atoms with van der Waals surface area (Å²) in [5, 5.41) is 7.72. The maximum absolute atomic E-state index is 5.08. The normalized spacial score (nSPS) is 11.9. The van der Waals surface area contributed by atoms with Crippen molar-refractivity contribution in [1.82, 2.24) is 19.5 Å². The van der Waals surface area contributed by atoms with Gasteiger partial charge in [-0.3, -0.25) is 0 Å². The van der Waals surface area contributed by atoms with Gasteiger partial charge in [0.25, 0.3) is 0 Å². The molecular formula is C45H26N4S2. The molecule has 0 spiro atoms. The van der Waals surface area contributed by atoms with Crippen molar-refractivity contribution in [3.05, 3.63) is 158 Å². The van der Waals surface area contributed by atoms with E-state index in [1.165, 1.54) is 56.6 Å². The average Bonchev–Trinajstić information content (AvgIpc) is 3.88. The number of hydrogen-bond donors (Lipinski definition) is 0. The van der Waals surface area contributed by atoms with Crippen LogP contribution in [0.5, 0.6) is 0 Å². The van der Waals surface area contributed by atoms with Crippen molar-refractivity contribution in [3.8, 4) is 39.9 Å². The van der Waals surface area contributed by atoms with Crippen LogP contribution in [0.2, 0.25) is 0 Å². The van der Waals surface area contributed by atoms with E-state index in [1.807, 2.05) is 59.1 Å². The minimum absolute atomic E-state index is 0.653. The highest BCUT2D eigenvalue weighted by atomic mass is 32.1. The Bertz CT molecular complexity index is 3070. The van der Waals surface area contributed by atoms with E-state index in [9.17, 15) is 0 Å². The van der Waals surface area contributed by atoms with Gasteiger partial charge >= 0.3 is 0 Å². The molecule has 0 amide bonds. The number of fused-ring (bicyclic) bond motifs is 11. The van der Waals surface area contributed by atoms with Gasteiger partial charge in [0.1, 0.15) is 0 Å². The predicted molar refractivity (Wildman–Crippen MR) is 216 cm³/mol. The Hall–Kier alpha value is -6.21. The summed E-state index contributed by atoms with van der Waals surface area (Å²) in [5.41, 5.74) is 6.34. The van der Waals surface area contributed by atoms with Crippen molar-refractivity contribution >= 4 is 84.8 Å². The molecule has 0 aliphatic carbocycles. The third-order valence-corrected chi connectivity index (χ3v) is 12.2. The number of aromatic nitrogens is 4. The van der Waals surface area contributed by atoms with E-state index in [0.29, 0.717) is 17.5 Å². The summed E-state index contributed by atoms with van der Waals surface area (Å²) in [7, 11) is 0. The fraction of sp³-hybridized carbons (Fsp3) is 0. The summed E-state index contributed by atoms with van der Waals surface area (Å²) >= 11 is 3.79. The molecule has 11 rings (SSSR count). The number of rotatable bonds is 4. The molecule has 4 nitrogen and oxygen atoms in total. The molecule has 11 aromatic rings. The lowest BCUT2D eigenvalue weighted by atomic mass is 10.0. The molecule has 238 valence electrons. The van der Waals surface area contributed by atoms with Gasteiger partial charge in [-0.15, -0.1) is 22.7 Å². The summed E-state index contributed by atoms with van der Waals surface area (Å²) in [4.78, 5) is 15.1. The summed E-state index contributed by atoms with van der Waals surface area (Å²) in [5.74, 6) is 1.97. The number of para-hydroxylation sites is 1. The lowest BCUT2D eigenvalue weighted by Gasteiger charge is -2.09. The maximum Gasteiger partial charge on any atom is 0.164 e. The molecule has 0 unspecified atom stereocenters. The minimum Gasteiger partial charge on any atom is -0.309 e. The molecule has 0 fully saturated rings. The van der Waals surface area contributed by atoms with Gasteiger partial charge in [0.05, 0.1) is 11.0 Å². The van der Waals surface area contributed by atoms with Crippen LogP contribution in [0.25, 0.3) is 102 Å². The van der Waals surface area contributed by atoms with E-state index in [1.54, 1.807) is 0 Å². The summed E-state index contributed by atoms with van der Waals surface area (Å²) in [6.07, 6.45) is 0. The van der Waals surface area contributed by atoms with Crippen LogP contribution in [0, 0.1) is 0 Å². The van der Waals surface area contributed by atoms with Crippen LogP contribution in [0.1, 0.15) is 0 Å². The van der Waals surface area contributed by atoms with Crippen molar-refractivity contribution < 1.29 is 0 Å². The van der Waals surface area contributed by atoms with Crippen LogP contribution >= 0.6 is 22.7 Å². The molecule has 0 saturated carbocycles. The molecule has 0 saturated heterocycles. The Morgan fingerprint density at radius 2 is 0.941 bits per heavy atom. The second-order valence-corrected chi connectivity index (χ2v) is 14.9. The Kier molecular flexibility index (Phi) is 6.26. The Balaban J connectivity index is 1.23. The average molecular weight is 687 g/mol. The van der Waals surface area contributed by atoms with Crippen molar-refractivity contribution in [2.24, 2.45) is 0 Å². The number of hydrogen-bond acceptors (Lipinski definition) is 5. The Morgan fingerprint density at radius 1 is 0.373 bits per heavy atom. The second-order valence-electron chi connectivity index (χ2n) is 12.8. The third-order valence-electron chi connectivity index (χ3n) is 9.85. The summed E-state index contributed by atoms with van der Waals surface area (Å²) in [6, 6.07) is 55.7. The SMILES string of the molecule is c1ccc(-c2nc(-c3ccccc3)nc(-c3ccc4c(c3)c3c5sc6c(ccc7sc8ccccc8c76)c5ccc3n4-c3ccccc3)n2)cc1. The topological polar surface area (TPSA) is 43.6 Å². The van der Waals surface area contributed by atoms with E-state index in [2.05, 4.69) is 126 Å². The van der Waals surface area contributed by atoms with Gasteiger partial charge in [-0.25, -0.2) is 15.0 Å². The molecule has 0 radical (unpaired) electrons. The zero-order chi connectivity index (χ0) is 33.5. The summed E-state index contributed by atoms with van der Waals surface area (Å²) < 4.78 is 7.70. The van der Waals surface area contributed by atoms with Gasteiger partial charge in [-0.1, -0.05) is 109 Å². The van der Waals surface area contributed by atoms with Crippen molar-refractivity contribution in [2.45, 2.75) is 0 Å². The molecule has 0 N–H and O–H groups in total. The van der Waals surface area contributed by atoms with E-state index < -0.39 is 0 Å². The first-order valence-corrected chi connectivity index (χ1v) is 18.6. The Labute approximate surface area is 300 Å². The van der Waals surface area contributed by atoms with Gasteiger partial charge in [-0.2, -0.15) is 0 Å². The van der Waals surface area contributed by atoms with Crippen molar-refractivity contribution in [1.29, 1.82) is 0 Å². The highest BCUT2D eigenvalue weighted by Gasteiger charge is 2.21. The van der Waals surface area contributed by atoms with Crippen molar-refractivity contribution in [3.63, 3.8) is 0 Å². The molecule has 4 heterocycles. The fourth-order valence-corrected chi connectivity index (χ4v) is 10.1. The largest absolute Gasteiger partial charge is 0.309 e.